The minimum Gasteiger partial charge on any atom is -0.497 e. The highest BCUT2D eigenvalue weighted by Crippen LogP contribution is 2.23. The van der Waals surface area contributed by atoms with Gasteiger partial charge in [0.1, 0.15) is 11.5 Å². The second-order valence-corrected chi connectivity index (χ2v) is 5.46. The van der Waals surface area contributed by atoms with Crippen LogP contribution in [0.4, 0.5) is 5.69 Å². The van der Waals surface area contributed by atoms with E-state index in [0.717, 1.165) is 5.75 Å². The van der Waals surface area contributed by atoms with Crippen LogP contribution in [0, 0.1) is 0 Å². The highest BCUT2D eigenvalue weighted by Gasteiger charge is 2.15. The van der Waals surface area contributed by atoms with Gasteiger partial charge in [-0.1, -0.05) is 23.2 Å². The lowest BCUT2D eigenvalue weighted by atomic mass is 10.3. The molecule has 116 valence electrons. The number of nitrogens with one attached hydrogen (secondary N) is 1. The van der Waals surface area contributed by atoms with Crippen molar-refractivity contribution < 1.29 is 14.3 Å². The van der Waals surface area contributed by atoms with E-state index in [1.54, 1.807) is 56.5 Å². The normalized spacial score (nSPS) is 11.6. The Labute approximate surface area is 138 Å². The summed E-state index contributed by atoms with van der Waals surface area (Å²) in [5, 5.41) is 3.61. The molecule has 1 amide bonds. The molecule has 0 saturated heterocycles. The van der Waals surface area contributed by atoms with Gasteiger partial charge in [0.25, 0.3) is 5.91 Å². The van der Waals surface area contributed by atoms with Crippen LogP contribution < -0.4 is 14.8 Å². The van der Waals surface area contributed by atoms with E-state index in [-0.39, 0.29) is 5.91 Å². The molecule has 0 fully saturated rings. The van der Waals surface area contributed by atoms with Crippen LogP contribution in [0.25, 0.3) is 0 Å². The van der Waals surface area contributed by atoms with Crippen LogP contribution >= 0.6 is 23.2 Å². The van der Waals surface area contributed by atoms with E-state index < -0.39 is 6.10 Å². The monoisotopic (exact) mass is 339 g/mol. The Kier molecular flexibility index (Phi) is 5.52. The summed E-state index contributed by atoms with van der Waals surface area (Å²) in [7, 11) is 1.59. The predicted molar refractivity (Wildman–Crippen MR) is 88.2 cm³/mol. The van der Waals surface area contributed by atoms with Gasteiger partial charge in [-0.15, -0.1) is 0 Å². The molecule has 0 bridgehead atoms. The van der Waals surface area contributed by atoms with Crippen LogP contribution in [-0.4, -0.2) is 19.1 Å². The number of rotatable bonds is 5. The number of carbonyl (C=O) groups excluding carboxylic acids is 1. The first-order valence-electron chi connectivity index (χ1n) is 6.55. The first kappa shape index (κ1) is 16.5. The molecule has 0 spiro atoms. The predicted octanol–water partition coefficient (Wildman–Crippen LogP) is 4.41. The van der Waals surface area contributed by atoms with E-state index in [2.05, 4.69) is 5.32 Å². The first-order chi connectivity index (χ1) is 10.5. The van der Waals surface area contributed by atoms with Gasteiger partial charge in [-0.2, -0.15) is 0 Å². The third kappa shape index (κ3) is 4.55. The third-order valence-corrected chi connectivity index (χ3v) is 3.31. The highest BCUT2D eigenvalue weighted by molar-refractivity contribution is 6.35. The van der Waals surface area contributed by atoms with Crippen LogP contribution in [0.1, 0.15) is 6.92 Å². The van der Waals surface area contributed by atoms with E-state index in [1.165, 1.54) is 0 Å². The van der Waals surface area contributed by atoms with Gasteiger partial charge < -0.3 is 14.8 Å². The molecule has 0 aliphatic rings. The Balaban J connectivity index is 1.99. The summed E-state index contributed by atoms with van der Waals surface area (Å²) in [5.74, 6) is 1.000. The zero-order chi connectivity index (χ0) is 16.1. The summed E-state index contributed by atoms with van der Waals surface area (Å²) < 4.78 is 10.6. The number of amides is 1. The number of methoxy groups -OCH3 is 1. The van der Waals surface area contributed by atoms with E-state index in [4.69, 9.17) is 32.7 Å². The molecule has 2 aromatic carbocycles. The van der Waals surface area contributed by atoms with E-state index in [9.17, 15) is 4.79 Å². The molecule has 1 atom stereocenters. The smallest absolute Gasteiger partial charge is 0.265 e. The molecule has 1 N–H and O–H groups in total. The van der Waals surface area contributed by atoms with Crippen molar-refractivity contribution >= 4 is 34.8 Å². The first-order valence-corrected chi connectivity index (χ1v) is 7.31. The fourth-order valence-electron chi connectivity index (χ4n) is 1.78. The number of carbonyl (C=O) groups is 1. The Morgan fingerprint density at radius 1 is 1.05 bits per heavy atom. The largest absolute Gasteiger partial charge is 0.497 e. The van der Waals surface area contributed by atoms with Crippen LogP contribution in [0.3, 0.4) is 0 Å². The third-order valence-electron chi connectivity index (χ3n) is 2.87. The second-order valence-electron chi connectivity index (χ2n) is 4.58. The van der Waals surface area contributed by atoms with Crippen molar-refractivity contribution in [3.8, 4) is 11.5 Å². The highest BCUT2D eigenvalue weighted by atomic mass is 35.5. The summed E-state index contributed by atoms with van der Waals surface area (Å²) in [5.41, 5.74) is 0.521. The van der Waals surface area contributed by atoms with Crippen molar-refractivity contribution in [3.63, 3.8) is 0 Å². The maximum Gasteiger partial charge on any atom is 0.265 e. The number of ether oxygens (including phenoxy) is 2. The van der Waals surface area contributed by atoms with Crippen molar-refractivity contribution in [3.05, 3.63) is 52.5 Å². The molecular formula is C16H15Cl2NO3. The molecule has 0 heterocycles. The summed E-state index contributed by atoms with van der Waals surface area (Å²) >= 11 is 11.8. The second kappa shape index (κ2) is 7.38. The van der Waals surface area contributed by atoms with E-state index in [1.807, 2.05) is 0 Å². The number of hydrogen-bond donors (Lipinski definition) is 1. The van der Waals surface area contributed by atoms with Crippen molar-refractivity contribution in [2.45, 2.75) is 13.0 Å². The van der Waals surface area contributed by atoms with E-state index in [0.29, 0.717) is 21.5 Å². The minimum absolute atomic E-state index is 0.297. The standard InChI is InChI=1S/C16H15Cl2NO3/c1-10(22-15-5-3-14(21-2)4-6-15)16(20)19-13-8-11(17)7-12(18)9-13/h3-10H,1-2H3,(H,19,20). The number of anilines is 1. The fraction of sp³-hybridized carbons (Fsp3) is 0.188. The molecule has 1 unspecified atom stereocenters. The topological polar surface area (TPSA) is 47.6 Å². The quantitative estimate of drug-likeness (QED) is 0.877. The lowest BCUT2D eigenvalue weighted by Crippen LogP contribution is -2.30. The molecule has 0 radical (unpaired) electrons. The molecule has 0 saturated carbocycles. The summed E-state index contributed by atoms with van der Waals surface area (Å²) in [6, 6.07) is 11.8. The minimum atomic E-state index is -0.675. The number of hydrogen-bond acceptors (Lipinski definition) is 3. The Morgan fingerprint density at radius 2 is 1.59 bits per heavy atom. The molecule has 22 heavy (non-hydrogen) atoms. The Morgan fingerprint density at radius 3 is 2.14 bits per heavy atom. The lowest BCUT2D eigenvalue weighted by molar-refractivity contribution is -0.122. The van der Waals surface area contributed by atoms with Gasteiger partial charge in [-0.25, -0.2) is 0 Å². The molecule has 6 heteroatoms. The maximum atomic E-state index is 12.1. The number of benzene rings is 2. The summed E-state index contributed by atoms with van der Waals surface area (Å²) in [6.07, 6.45) is -0.675. The molecule has 2 aromatic rings. The van der Waals surface area contributed by atoms with Crippen molar-refractivity contribution in [1.82, 2.24) is 0 Å². The van der Waals surface area contributed by atoms with E-state index >= 15 is 0 Å². The van der Waals surface area contributed by atoms with Gasteiger partial charge in [-0.05, 0) is 49.4 Å². The zero-order valence-electron chi connectivity index (χ0n) is 12.1. The molecule has 2 rings (SSSR count). The maximum absolute atomic E-state index is 12.1. The van der Waals surface area contributed by atoms with Crippen molar-refractivity contribution in [2.24, 2.45) is 0 Å². The fourth-order valence-corrected chi connectivity index (χ4v) is 2.31. The summed E-state index contributed by atoms with van der Waals surface area (Å²) in [6.45, 7) is 1.66. The molecule has 4 nitrogen and oxygen atoms in total. The molecular weight excluding hydrogens is 325 g/mol. The van der Waals surface area contributed by atoms with Crippen LogP contribution in [0.15, 0.2) is 42.5 Å². The molecule has 0 aliphatic heterocycles. The van der Waals surface area contributed by atoms with Gasteiger partial charge in [0.15, 0.2) is 6.10 Å². The average Bonchev–Trinajstić information content (AvgIpc) is 2.46. The van der Waals surface area contributed by atoms with Crippen LogP contribution in [0.2, 0.25) is 10.0 Å². The zero-order valence-corrected chi connectivity index (χ0v) is 13.6. The van der Waals surface area contributed by atoms with Gasteiger partial charge in [0.2, 0.25) is 0 Å². The SMILES string of the molecule is COc1ccc(OC(C)C(=O)Nc2cc(Cl)cc(Cl)c2)cc1. The molecule has 0 aliphatic carbocycles. The van der Waals surface area contributed by atoms with Gasteiger partial charge in [0, 0.05) is 15.7 Å². The Hall–Kier alpha value is -1.91. The summed E-state index contributed by atoms with van der Waals surface area (Å²) in [4.78, 5) is 12.1. The molecule has 0 aromatic heterocycles. The van der Waals surface area contributed by atoms with Gasteiger partial charge in [0.05, 0.1) is 7.11 Å². The number of halogens is 2. The Bertz CT molecular complexity index is 639. The van der Waals surface area contributed by atoms with Crippen molar-refractivity contribution in [1.29, 1.82) is 0 Å². The average molecular weight is 340 g/mol. The van der Waals surface area contributed by atoms with Gasteiger partial charge >= 0.3 is 0 Å². The van der Waals surface area contributed by atoms with Crippen LogP contribution in [0.5, 0.6) is 11.5 Å². The van der Waals surface area contributed by atoms with Crippen molar-refractivity contribution in [2.75, 3.05) is 12.4 Å². The lowest BCUT2D eigenvalue weighted by Gasteiger charge is -2.15. The van der Waals surface area contributed by atoms with Crippen LogP contribution in [-0.2, 0) is 4.79 Å². The van der Waals surface area contributed by atoms with Gasteiger partial charge in [-0.3, -0.25) is 4.79 Å².